The Labute approximate surface area is 182 Å². The number of sulfone groups is 2. The molecule has 1 radical (unpaired) electrons. The first-order chi connectivity index (χ1) is 14.4. The van der Waals surface area contributed by atoms with E-state index in [1.807, 2.05) is 6.07 Å². The molecule has 0 fully saturated rings. The maximum absolute atomic E-state index is 12.0. The highest BCUT2D eigenvalue weighted by Gasteiger charge is 2.18. The van der Waals surface area contributed by atoms with Crippen LogP contribution in [0, 0.1) is 20.0 Å². The van der Waals surface area contributed by atoms with Crippen molar-refractivity contribution in [1.82, 2.24) is 4.98 Å². The number of ether oxygens (including phenoxy) is 2. The highest BCUT2D eigenvalue weighted by molar-refractivity contribution is 7.91. The van der Waals surface area contributed by atoms with Crippen LogP contribution in [0.25, 0.3) is 11.1 Å². The van der Waals surface area contributed by atoms with Crippen LogP contribution in [0.1, 0.15) is 11.1 Å². The lowest BCUT2D eigenvalue weighted by Crippen LogP contribution is -2.00. The van der Waals surface area contributed by atoms with Crippen molar-refractivity contribution < 1.29 is 26.3 Å². The van der Waals surface area contributed by atoms with E-state index in [0.29, 0.717) is 22.4 Å². The van der Waals surface area contributed by atoms with Crippen molar-refractivity contribution in [3.05, 3.63) is 59.9 Å². The van der Waals surface area contributed by atoms with Crippen molar-refractivity contribution in [3.63, 3.8) is 0 Å². The normalized spacial score (nSPS) is 11.9. The fraction of sp³-hybridized carbons (Fsp3) is 0.227. The molecule has 1 heterocycles. The van der Waals surface area contributed by atoms with Crippen molar-refractivity contribution >= 4 is 19.7 Å². The van der Waals surface area contributed by atoms with Crippen LogP contribution in [0.4, 0.5) is 0 Å². The highest BCUT2D eigenvalue weighted by Crippen LogP contribution is 2.40. The Balaban J connectivity index is 2.13. The molecule has 0 aliphatic rings. The van der Waals surface area contributed by atoms with Gasteiger partial charge in [0.25, 0.3) is 0 Å². The number of pyridine rings is 1. The molecule has 31 heavy (non-hydrogen) atoms. The van der Waals surface area contributed by atoms with E-state index in [1.165, 1.54) is 19.4 Å². The number of aryl methyl sites for hydroxylation is 2. The van der Waals surface area contributed by atoms with E-state index in [1.54, 1.807) is 38.1 Å². The summed E-state index contributed by atoms with van der Waals surface area (Å²) in [5, 5.41) is 0. The van der Waals surface area contributed by atoms with E-state index in [-0.39, 0.29) is 21.3 Å². The summed E-state index contributed by atoms with van der Waals surface area (Å²) in [6.07, 6.45) is 6.49. The summed E-state index contributed by atoms with van der Waals surface area (Å²) in [5.41, 5.74) is 2.56. The van der Waals surface area contributed by atoms with Gasteiger partial charge >= 0.3 is 0 Å². The summed E-state index contributed by atoms with van der Waals surface area (Å²) in [6.45, 7) is 3.56. The van der Waals surface area contributed by atoms with E-state index >= 15 is 0 Å². The molecule has 9 heteroatoms. The van der Waals surface area contributed by atoms with Gasteiger partial charge in [0.1, 0.15) is 11.9 Å². The molecule has 0 saturated carbocycles. The molecule has 0 N–H and O–H groups in total. The molecule has 0 amide bonds. The van der Waals surface area contributed by atoms with Gasteiger partial charge in [-0.1, -0.05) is 6.07 Å². The zero-order chi connectivity index (χ0) is 23.0. The Morgan fingerprint density at radius 3 is 2.00 bits per heavy atom. The molecule has 163 valence electrons. The van der Waals surface area contributed by atoms with Crippen LogP contribution in [0.2, 0.25) is 0 Å². The maximum atomic E-state index is 12.0. The number of aromatic nitrogens is 1. The van der Waals surface area contributed by atoms with Gasteiger partial charge in [-0.3, -0.25) is 0 Å². The third-order valence-corrected chi connectivity index (χ3v) is 6.66. The molecule has 0 atom stereocenters. The smallest absolute Gasteiger partial charge is 0.197 e. The molecule has 7 nitrogen and oxygen atoms in total. The van der Waals surface area contributed by atoms with Gasteiger partial charge in [-0.05, 0) is 60.9 Å². The standard InChI is InChI=1S/C22H22NO6S2/c1-14-6-16(10-18(8-14)30(4,24)25)20-12-23-13-21(22(20)28-3)29-17-7-15(2)9-19(11-17)31(5,26)27/h6-12H,1-5H3. The van der Waals surface area contributed by atoms with Crippen LogP contribution in [0.5, 0.6) is 17.2 Å². The predicted octanol–water partition coefficient (Wildman–Crippen LogP) is 3.77. The lowest BCUT2D eigenvalue weighted by Gasteiger charge is -2.15. The van der Waals surface area contributed by atoms with Gasteiger partial charge in [0.15, 0.2) is 31.2 Å². The number of hydrogen-bond acceptors (Lipinski definition) is 7. The molecule has 0 aliphatic carbocycles. The Hall–Kier alpha value is -2.91. The summed E-state index contributed by atoms with van der Waals surface area (Å²) < 4.78 is 59.4. The number of hydrogen-bond donors (Lipinski definition) is 0. The second-order valence-electron chi connectivity index (χ2n) is 7.31. The van der Waals surface area contributed by atoms with Crippen molar-refractivity contribution in [2.75, 3.05) is 19.6 Å². The monoisotopic (exact) mass is 460 g/mol. The molecule has 1 aromatic heterocycles. The average molecular weight is 461 g/mol. The largest absolute Gasteiger partial charge is 0.492 e. The third-order valence-electron chi connectivity index (χ3n) is 4.48. The Morgan fingerprint density at radius 2 is 1.42 bits per heavy atom. The van der Waals surface area contributed by atoms with E-state index in [2.05, 4.69) is 11.2 Å². The molecule has 0 saturated heterocycles. The first-order valence-corrected chi connectivity index (χ1v) is 12.9. The SMILES string of the molecule is COc1c(Oc2cc(C)cc(S(C)(=O)=O)c2)[c]ncc1-c1cc(C)cc(S(C)(=O)=O)c1. The number of rotatable bonds is 6. The van der Waals surface area contributed by atoms with Crippen LogP contribution in [-0.4, -0.2) is 41.4 Å². The molecule has 3 rings (SSSR count). The molecule has 0 aliphatic heterocycles. The van der Waals surface area contributed by atoms with Crippen molar-refractivity contribution in [1.29, 1.82) is 0 Å². The zero-order valence-corrected chi connectivity index (χ0v) is 19.4. The number of benzene rings is 2. The minimum atomic E-state index is -3.42. The Bertz CT molecular complexity index is 1360. The van der Waals surface area contributed by atoms with Gasteiger partial charge in [-0.2, -0.15) is 0 Å². The van der Waals surface area contributed by atoms with Gasteiger partial charge in [0, 0.05) is 24.3 Å². The average Bonchev–Trinajstić information content (AvgIpc) is 2.65. The molecular formula is C22H22NO6S2. The molecule has 0 spiro atoms. The van der Waals surface area contributed by atoms with Crippen molar-refractivity contribution in [2.24, 2.45) is 0 Å². The molecule has 0 bridgehead atoms. The summed E-state index contributed by atoms with van der Waals surface area (Å²) in [5.74, 6) is 0.727. The summed E-state index contributed by atoms with van der Waals surface area (Å²) in [6, 6.07) is 9.59. The van der Waals surface area contributed by atoms with Crippen LogP contribution >= 0.6 is 0 Å². The van der Waals surface area contributed by atoms with E-state index in [0.717, 1.165) is 18.1 Å². The topological polar surface area (TPSA) is 99.6 Å². The van der Waals surface area contributed by atoms with Gasteiger partial charge in [0.05, 0.1) is 16.9 Å². The second-order valence-corrected chi connectivity index (χ2v) is 11.3. The zero-order valence-electron chi connectivity index (χ0n) is 17.8. The second kappa shape index (κ2) is 8.32. The first kappa shape index (κ1) is 22.8. The molecule has 0 unspecified atom stereocenters. The van der Waals surface area contributed by atoms with Gasteiger partial charge in [0.2, 0.25) is 0 Å². The van der Waals surface area contributed by atoms with E-state index in [9.17, 15) is 16.8 Å². The van der Waals surface area contributed by atoms with Crippen molar-refractivity contribution in [2.45, 2.75) is 23.6 Å². The molecule has 3 aromatic rings. The number of methoxy groups -OCH3 is 1. The van der Waals surface area contributed by atoms with Gasteiger partial charge in [-0.25, -0.2) is 21.8 Å². The lowest BCUT2D eigenvalue weighted by atomic mass is 10.0. The quantitative estimate of drug-likeness (QED) is 0.552. The van der Waals surface area contributed by atoms with Crippen LogP contribution in [-0.2, 0) is 19.7 Å². The van der Waals surface area contributed by atoms with E-state index in [4.69, 9.17) is 9.47 Å². The fourth-order valence-electron chi connectivity index (χ4n) is 3.09. The van der Waals surface area contributed by atoms with Crippen LogP contribution in [0.15, 0.2) is 52.4 Å². The van der Waals surface area contributed by atoms with Crippen molar-refractivity contribution in [3.8, 4) is 28.4 Å². The van der Waals surface area contributed by atoms with Crippen LogP contribution in [0.3, 0.4) is 0 Å². The van der Waals surface area contributed by atoms with Crippen LogP contribution < -0.4 is 9.47 Å². The lowest BCUT2D eigenvalue weighted by molar-refractivity contribution is 0.378. The first-order valence-electron chi connectivity index (χ1n) is 9.15. The minimum Gasteiger partial charge on any atom is -0.492 e. The molecule has 2 aromatic carbocycles. The third kappa shape index (κ3) is 5.23. The van der Waals surface area contributed by atoms with Gasteiger partial charge < -0.3 is 9.47 Å². The minimum absolute atomic E-state index is 0.127. The Morgan fingerprint density at radius 1 is 0.839 bits per heavy atom. The van der Waals surface area contributed by atoms with Gasteiger partial charge in [-0.15, -0.1) is 0 Å². The Kier molecular flexibility index (Phi) is 6.11. The summed E-state index contributed by atoms with van der Waals surface area (Å²) >= 11 is 0. The van der Waals surface area contributed by atoms with E-state index < -0.39 is 19.7 Å². The maximum Gasteiger partial charge on any atom is 0.197 e. The number of nitrogens with zero attached hydrogens (tertiary/aromatic N) is 1. The summed E-state index contributed by atoms with van der Waals surface area (Å²) in [4.78, 5) is 4.39. The summed E-state index contributed by atoms with van der Waals surface area (Å²) in [7, 11) is -5.39. The predicted molar refractivity (Wildman–Crippen MR) is 117 cm³/mol. The fourth-order valence-corrected chi connectivity index (χ4v) is 4.56. The molecular weight excluding hydrogens is 438 g/mol. The highest BCUT2D eigenvalue weighted by atomic mass is 32.2.